The predicted molar refractivity (Wildman–Crippen MR) is 79.6 cm³/mol. The Labute approximate surface area is 123 Å². The molecule has 1 nitrogen and oxygen atoms in total. The van der Waals surface area contributed by atoms with Crippen molar-refractivity contribution in [1.29, 1.82) is 0 Å². The standard InChI is InChI=1S/C17H16ClFO/c1-12-5-2-3-6-13(12)9-10-15(20)11-14-7-4-8-16(18)17(14)19/h2-8H,9-11H2,1H3. The molecule has 0 saturated carbocycles. The first-order valence-corrected chi connectivity index (χ1v) is 6.95. The maximum Gasteiger partial charge on any atom is 0.145 e. The molecule has 0 unspecified atom stereocenters. The molecule has 0 spiro atoms. The minimum Gasteiger partial charge on any atom is -0.299 e. The van der Waals surface area contributed by atoms with Gasteiger partial charge in [-0.1, -0.05) is 48.0 Å². The summed E-state index contributed by atoms with van der Waals surface area (Å²) in [5.41, 5.74) is 2.70. The van der Waals surface area contributed by atoms with Crippen LogP contribution in [0.5, 0.6) is 0 Å². The SMILES string of the molecule is Cc1ccccc1CCC(=O)Cc1cccc(Cl)c1F. The summed E-state index contributed by atoms with van der Waals surface area (Å²) in [5.74, 6) is -0.465. The zero-order valence-electron chi connectivity index (χ0n) is 11.3. The van der Waals surface area contributed by atoms with Crippen LogP contribution in [0.1, 0.15) is 23.1 Å². The van der Waals surface area contributed by atoms with Crippen molar-refractivity contribution in [2.45, 2.75) is 26.2 Å². The molecule has 2 aromatic carbocycles. The van der Waals surface area contributed by atoms with E-state index in [1.165, 1.54) is 11.6 Å². The van der Waals surface area contributed by atoms with Gasteiger partial charge in [0, 0.05) is 12.8 Å². The summed E-state index contributed by atoms with van der Waals surface area (Å²) < 4.78 is 13.7. The maximum absolute atomic E-state index is 13.7. The van der Waals surface area contributed by atoms with Gasteiger partial charge in [0.2, 0.25) is 0 Å². The van der Waals surface area contributed by atoms with Crippen LogP contribution in [-0.4, -0.2) is 5.78 Å². The van der Waals surface area contributed by atoms with E-state index < -0.39 is 5.82 Å². The van der Waals surface area contributed by atoms with Gasteiger partial charge in [0.1, 0.15) is 11.6 Å². The molecule has 0 saturated heterocycles. The highest BCUT2D eigenvalue weighted by Crippen LogP contribution is 2.19. The van der Waals surface area contributed by atoms with E-state index in [9.17, 15) is 9.18 Å². The highest BCUT2D eigenvalue weighted by atomic mass is 35.5. The molecule has 0 atom stereocenters. The van der Waals surface area contributed by atoms with Gasteiger partial charge in [-0.25, -0.2) is 4.39 Å². The first-order valence-electron chi connectivity index (χ1n) is 6.57. The van der Waals surface area contributed by atoms with E-state index >= 15 is 0 Å². The molecule has 0 bridgehead atoms. The summed E-state index contributed by atoms with van der Waals surface area (Å²) in [5, 5.41) is 0.0641. The van der Waals surface area contributed by atoms with Crippen molar-refractivity contribution in [2.75, 3.05) is 0 Å². The Balaban J connectivity index is 1.96. The molecular formula is C17H16ClFO. The number of carbonyl (C=O) groups is 1. The van der Waals surface area contributed by atoms with Crippen LogP contribution in [0, 0.1) is 12.7 Å². The van der Waals surface area contributed by atoms with Gasteiger partial charge < -0.3 is 0 Å². The average Bonchev–Trinajstić information content (AvgIpc) is 2.43. The highest BCUT2D eigenvalue weighted by molar-refractivity contribution is 6.30. The zero-order chi connectivity index (χ0) is 14.5. The molecule has 0 radical (unpaired) electrons. The van der Waals surface area contributed by atoms with Crippen molar-refractivity contribution in [3.63, 3.8) is 0 Å². The van der Waals surface area contributed by atoms with Gasteiger partial charge in [0.25, 0.3) is 0 Å². The summed E-state index contributed by atoms with van der Waals surface area (Å²) in [6, 6.07) is 12.7. The third-order valence-electron chi connectivity index (χ3n) is 3.35. The monoisotopic (exact) mass is 290 g/mol. The van der Waals surface area contributed by atoms with Crippen LogP contribution in [0.4, 0.5) is 4.39 Å². The highest BCUT2D eigenvalue weighted by Gasteiger charge is 2.11. The molecule has 0 heterocycles. The van der Waals surface area contributed by atoms with Crippen LogP contribution in [0.2, 0.25) is 5.02 Å². The Hall–Kier alpha value is -1.67. The van der Waals surface area contributed by atoms with Crippen molar-refractivity contribution in [1.82, 2.24) is 0 Å². The number of ketones is 1. The molecule has 0 aromatic heterocycles. The Bertz CT molecular complexity index is 622. The molecule has 0 fully saturated rings. The fourth-order valence-electron chi connectivity index (χ4n) is 2.15. The lowest BCUT2D eigenvalue weighted by Crippen LogP contribution is -2.06. The van der Waals surface area contributed by atoms with E-state index in [2.05, 4.69) is 0 Å². The van der Waals surface area contributed by atoms with E-state index in [0.717, 1.165) is 5.56 Å². The molecule has 0 aliphatic heterocycles. The fourth-order valence-corrected chi connectivity index (χ4v) is 2.34. The van der Waals surface area contributed by atoms with E-state index in [-0.39, 0.29) is 17.2 Å². The van der Waals surface area contributed by atoms with E-state index in [1.54, 1.807) is 12.1 Å². The van der Waals surface area contributed by atoms with Crippen LogP contribution in [0.15, 0.2) is 42.5 Å². The quantitative estimate of drug-likeness (QED) is 0.790. The number of Topliss-reactive ketones (excluding diaryl/α,β-unsaturated/α-hetero) is 1. The number of hydrogen-bond acceptors (Lipinski definition) is 1. The van der Waals surface area contributed by atoms with Crippen molar-refractivity contribution in [3.05, 3.63) is 70.0 Å². The Kier molecular flexibility index (Phi) is 4.91. The van der Waals surface area contributed by atoms with E-state index in [0.29, 0.717) is 18.4 Å². The lowest BCUT2D eigenvalue weighted by atomic mass is 9.99. The summed E-state index contributed by atoms with van der Waals surface area (Å²) in [4.78, 5) is 12.0. The first kappa shape index (κ1) is 14.7. The average molecular weight is 291 g/mol. The second-order valence-corrected chi connectivity index (χ2v) is 5.26. The molecule has 0 N–H and O–H groups in total. The van der Waals surface area contributed by atoms with Crippen LogP contribution in [-0.2, 0) is 17.6 Å². The summed E-state index contributed by atoms with van der Waals surface area (Å²) >= 11 is 5.70. The van der Waals surface area contributed by atoms with Gasteiger partial charge in [-0.2, -0.15) is 0 Å². The third kappa shape index (κ3) is 3.67. The van der Waals surface area contributed by atoms with Crippen molar-refractivity contribution >= 4 is 17.4 Å². The number of halogens is 2. The number of aryl methyl sites for hydroxylation is 2. The Morgan fingerprint density at radius 2 is 1.80 bits per heavy atom. The van der Waals surface area contributed by atoms with E-state index in [1.807, 2.05) is 31.2 Å². The third-order valence-corrected chi connectivity index (χ3v) is 3.65. The second-order valence-electron chi connectivity index (χ2n) is 4.85. The smallest absolute Gasteiger partial charge is 0.145 e. The first-order chi connectivity index (χ1) is 9.58. The molecule has 3 heteroatoms. The molecular weight excluding hydrogens is 275 g/mol. The Morgan fingerprint density at radius 3 is 2.55 bits per heavy atom. The van der Waals surface area contributed by atoms with Gasteiger partial charge in [-0.15, -0.1) is 0 Å². The topological polar surface area (TPSA) is 17.1 Å². The van der Waals surface area contributed by atoms with Crippen LogP contribution in [0.25, 0.3) is 0 Å². The normalized spacial score (nSPS) is 10.6. The Morgan fingerprint density at radius 1 is 1.10 bits per heavy atom. The van der Waals surface area contributed by atoms with Gasteiger partial charge in [0.05, 0.1) is 5.02 Å². The minimum atomic E-state index is -0.488. The minimum absolute atomic E-state index is 0.0226. The van der Waals surface area contributed by atoms with Crippen LogP contribution in [0.3, 0.4) is 0 Å². The van der Waals surface area contributed by atoms with Crippen molar-refractivity contribution in [2.24, 2.45) is 0 Å². The number of rotatable bonds is 5. The summed E-state index contributed by atoms with van der Waals surface area (Å²) in [7, 11) is 0. The molecule has 0 amide bonds. The summed E-state index contributed by atoms with van der Waals surface area (Å²) in [6.07, 6.45) is 1.20. The maximum atomic E-state index is 13.7. The summed E-state index contributed by atoms with van der Waals surface area (Å²) in [6.45, 7) is 2.02. The predicted octanol–water partition coefficient (Wildman–Crippen LogP) is 4.53. The molecule has 20 heavy (non-hydrogen) atoms. The van der Waals surface area contributed by atoms with Gasteiger partial charge >= 0.3 is 0 Å². The van der Waals surface area contributed by atoms with Crippen LogP contribution < -0.4 is 0 Å². The molecule has 0 aliphatic carbocycles. The largest absolute Gasteiger partial charge is 0.299 e. The van der Waals surface area contributed by atoms with Crippen molar-refractivity contribution in [3.8, 4) is 0 Å². The fraction of sp³-hybridized carbons (Fsp3) is 0.235. The second kappa shape index (κ2) is 6.67. The van der Waals surface area contributed by atoms with Gasteiger partial charge in [0.15, 0.2) is 0 Å². The number of hydrogen-bond donors (Lipinski definition) is 0. The molecule has 2 aromatic rings. The lowest BCUT2D eigenvalue weighted by Gasteiger charge is -2.06. The van der Waals surface area contributed by atoms with Gasteiger partial charge in [-0.3, -0.25) is 4.79 Å². The molecule has 2 rings (SSSR count). The lowest BCUT2D eigenvalue weighted by molar-refractivity contribution is -0.118. The molecule has 0 aliphatic rings. The molecule has 104 valence electrons. The number of benzene rings is 2. The van der Waals surface area contributed by atoms with Crippen molar-refractivity contribution < 1.29 is 9.18 Å². The number of carbonyl (C=O) groups excluding carboxylic acids is 1. The van der Waals surface area contributed by atoms with Gasteiger partial charge in [-0.05, 0) is 36.1 Å². The zero-order valence-corrected chi connectivity index (χ0v) is 12.1. The van der Waals surface area contributed by atoms with E-state index in [4.69, 9.17) is 11.6 Å². The van der Waals surface area contributed by atoms with Crippen LogP contribution >= 0.6 is 11.6 Å².